The number of nitrogens with zero attached hydrogens (tertiary/aromatic N) is 1. The first kappa shape index (κ1) is 21.0. The van der Waals surface area contributed by atoms with Crippen molar-refractivity contribution in [3.63, 3.8) is 0 Å². The van der Waals surface area contributed by atoms with Crippen molar-refractivity contribution in [1.29, 1.82) is 0 Å². The standard InChI is InChI=1S/C22H25N3O3S/c1-22(2,3)17-8-10-19(11-9-17)29(27,28)24-13-12-21(26)25-18-14-16-6-4-5-7-20(16)23-15-18/h4-11,14-15,24H,12-13H2,1-3H3,(H,25,26). The largest absolute Gasteiger partial charge is 0.325 e. The molecule has 1 aromatic heterocycles. The zero-order valence-electron chi connectivity index (χ0n) is 16.8. The van der Waals surface area contributed by atoms with Gasteiger partial charge in [0.05, 0.1) is 22.3 Å². The molecule has 0 aliphatic heterocycles. The number of pyridine rings is 1. The molecule has 1 amide bonds. The lowest BCUT2D eigenvalue weighted by atomic mass is 9.87. The summed E-state index contributed by atoms with van der Waals surface area (Å²) in [6, 6.07) is 16.2. The number of rotatable bonds is 6. The van der Waals surface area contributed by atoms with Crippen molar-refractivity contribution in [3.05, 3.63) is 66.4 Å². The highest BCUT2D eigenvalue weighted by Gasteiger charge is 2.17. The average molecular weight is 412 g/mol. The van der Waals surface area contributed by atoms with Crippen LogP contribution < -0.4 is 10.0 Å². The topological polar surface area (TPSA) is 88.2 Å². The van der Waals surface area contributed by atoms with Gasteiger partial charge in [0, 0.05) is 18.4 Å². The second kappa shape index (κ2) is 8.31. The van der Waals surface area contributed by atoms with E-state index >= 15 is 0 Å². The maximum absolute atomic E-state index is 12.4. The molecular formula is C22H25N3O3S. The van der Waals surface area contributed by atoms with Gasteiger partial charge < -0.3 is 5.32 Å². The molecule has 152 valence electrons. The van der Waals surface area contributed by atoms with E-state index in [9.17, 15) is 13.2 Å². The van der Waals surface area contributed by atoms with Crippen LogP contribution >= 0.6 is 0 Å². The minimum absolute atomic E-state index is 0.0101. The van der Waals surface area contributed by atoms with E-state index in [1.54, 1.807) is 18.3 Å². The first-order valence-corrected chi connectivity index (χ1v) is 10.9. The number of hydrogen-bond donors (Lipinski definition) is 2. The fourth-order valence-electron chi connectivity index (χ4n) is 2.88. The van der Waals surface area contributed by atoms with E-state index in [-0.39, 0.29) is 29.2 Å². The molecule has 2 aromatic carbocycles. The smallest absolute Gasteiger partial charge is 0.240 e. The van der Waals surface area contributed by atoms with Gasteiger partial charge in [-0.15, -0.1) is 0 Å². The van der Waals surface area contributed by atoms with E-state index in [0.717, 1.165) is 16.5 Å². The molecule has 0 spiro atoms. The van der Waals surface area contributed by atoms with E-state index in [2.05, 4.69) is 35.8 Å². The number of fused-ring (bicyclic) bond motifs is 1. The number of carbonyl (C=O) groups is 1. The summed E-state index contributed by atoms with van der Waals surface area (Å²) in [5.41, 5.74) is 2.43. The zero-order valence-corrected chi connectivity index (χ0v) is 17.6. The minimum Gasteiger partial charge on any atom is -0.325 e. The number of nitrogens with one attached hydrogen (secondary N) is 2. The number of hydrogen-bond acceptors (Lipinski definition) is 4. The van der Waals surface area contributed by atoms with Crippen molar-refractivity contribution in [2.24, 2.45) is 0 Å². The van der Waals surface area contributed by atoms with Crippen LogP contribution in [0.5, 0.6) is 0 Å². The predicted molar refractivity (Wildman–Crippen MR) is 115 cm³/mol. The molecule has 0 atom stereocenters. The molecule has 29 heavy (non-hydrogen) atoms. The third kappa shape index (κ3) is 5.40. The van der Waals surface area contributed by atoms with Gasteiger partial charge in [-0.3, -0.25) is 9.78 Å². The number of amides is 1. The molecule has 7 heteroatoms. The van der Waals surface area contributed by atoms with Gasteiger partial charge in [0.25, 0.3) is 0 Å². The summed E-state index contributed by atoms with van der Waals surface area (Å²) in [7, 11) is -3.66. The molecule has 0 aliphatic carbocycles. The first-order valence-electron chi connectivity index (χ1n) is 9.40. The third-order valence-electron chi connectivity index (χ3n) is 4.55. The van der Waals surface area contributed by atoms with Crippen LogP contribution in [0.15, 0.2) is 65.7 Å². The molecule has 1 heterocycles. The van der Waals surface area contributed by atoms with Crippen molar-refractivity contribution in [2.75, 3.05) is 11.9 Å². The number of para-hydroxylation sites is 1. The van der Waals surface area contributed by atoms with Crippen LogP contribution in [0.1, 0.15) is 32.8 Å². The summed E-state index contributed by atoms with van der Waals surface area (Å²) >= 11 is 0. The van der Waals surface area contributed by atoms with Crippen molar-refractivity contribution in [1.82, 2.24) is 9.71 Å². The Labute approximate surface area is 171 Å². The van der Waals surface area contributed by atoms with Crippen LogP contribution in [0, 0.1) is 0 Å². The Morgan fingerprint density at radius 2 is 1.72 bits per heavy atom. The second-order valence-electron chi connectivity index (χ2n) is 7.89. The summed E-state index contributed by atoms with van der Waals surface area (Å²) < 4.78 is 27.3. The van der Waals surface area contributed by atoms with Gasteiger partial charge in [-0.1, -0.05) is 51.1 Å². The highest BCUT2D eigenvalue weighted by molar-refractivity contribution is 7.89. The summed E-state index contributed by atoms with van der Waals surface area (Å²) in [6.07, 6.45) is 1.60. The molecule has 0 aliphatic rings. The lowest BCUT2D eigenvalue weighted by Crippen LogP contribution is -2.28. The van der Waals surface area contributed by atoms with Crippen LogP contribution in [0.4, 0.5) is 5.69 Å². The fourth-order valence-corrected chi connectivity index (χ4v) is 3.91. The van der Waals surface area contributed by atoms with Gasteiger partial charge in [-0.25, -0.2) is 13.1 Å². The van der Waals surface area contributed by atoms with E-state index in [4.69, 9.17) is 0 Å². The number of anilines is 1. The number of sulfonamides is 1. The van der Waals surface area contributed by atoms with Gasteiger partial charge in [0.15, 0.2) is 0 Å². The van der Waals surface area contributed by atoms with Gasteiger partial charge in [0.1, 0.15) is 0 Å². The summed E-state index contributed by atoms with van der Waals surface area (Å²) in [5, 5.41) is 3.67. The Bertz CT molecular complexity index is 1120. The molecule has 0 bridgehead atoms. The fraction of sp³-hybridized carbons (Fsp3) is 0.273. The number of aromatic nitrogens is 1. The summed E-state index contributed by atoms with van der Waals surface area (Å²) in [5.74, 6) is -0.284. The van der Waals surface area contributed by atoms with E-state index < -0.39 is 10.0 Å². The normalized spacial score (nSPS) is 12.1. The zero-order chi connectivity index (χ0) is 21.1. The number of benzene rings is 2. The molecule has 6 nitrogen and oxygen atoms in total. The number of carbonyl (C=O) groups excluding carboxylic acids is 1. The maximum atomic E-state index is 12.4. The Balaban J connectivity index is 1.55. The van der Waals surface area contributed by atoms with Crippen LogP contribution in [0.25, 0.3) is 10.9 Å². The summed E-state index contributed by atoms with van der Waals surface area (Å²) in [4.78, 5) is 16.6. The van der Waals surface area contributed by atoms with Crippen LogP contribution in [0.2, 0.25) is 0 Å². The van der Waals surface area contributed by atoms with Gasteiger partial charge >= 0.3 is 0 Å². The van der Waals surface area contributed by atoms with Crippen molar-refractivity contribution in [2.45, 2.75) is 37.5 Å². The molecule has 0 fully saturated rings. The van der Waals surface area contributed by atoms with Gasteiger partial charge in [-0.05, 0) is 35.2 Å². The molecular weight excluding hydrogens is 386 g/mol. The lowest BCUT2D eigenvalue weighted by molar-refractivity contribution is -0.116. The van der Waals surface area contributed by atoms with Crippen LogP contribution in [-0.4, -0.2) is 25.9 Å². The third-order valence-corrected chi connectivity index (χ3v) is 6.03. The quantitative estimate of drug-likeness (QED) is 0.645. The van der Waals surface area contributed by atoms with Crippen molar-refractivity contribution >= 4 is 32.5 Å². The highest BCUT2D eigenvalue weighted by Crippen LogP contribution is 2.23. The first-order chi connectivity index (χ1) is 13.6. The monoisotopic (exact) mass is 411 g/mol. The Morgan fingerprint density at radius 1 is 1.03 bits per heavy atom. The molecule has 3 rings (SSSR count). The van der Waals surface area contributed by atoms with E-state index in [1.165, 1.54) is 0 Å². The molecule has 2 N–H and O–H groups in total. The predicted octanol–water partition coefficient (Wildman–Crippen LogP) is 3.84. The Kier molecular flexibility index (Phi) is 6.00. The molecule has 0 saturated carbocycles. The average Bonchev–Trinajstić information content (AvgIpc) is 2.67. The van der Waals surface area contributed by atoms with Crippen molar-refractivity contribution in [3.8, 4) is 0 Å². The lowest BCUT2D eigenvalue weighted by Gasteiger charge is -2.19. The molecule has 0 saturated heterocycles. The minimum atomic E-state index is -3.66. The Hall–Kier alpha value is -2.77. The molecule has 0 radical (unpaired) electrons. The Morgan fingerprint density at radius 3 is 2.41 bits per heavy atom. The van der Waals surface area contributed by atoms with Gasteiger partial charge in [0.2, 0.25) is 15.9 Å². The van der Waals surface area contributed by atoms with Crippen LogP contribution in [0.3, 0.4) is 0 Å². The van der Waals surface area contributed by atoms with Crippen LogP contribution in [-0.2, 0) is 20.2 Å². The molecule has 3 aromatic rings. The maximum Gasteiger partial charge on any atom is 0.240 e. The SMILES string of the molecule is CC(C)(C)c1ccc(S(=O)(=O)NCCC(=O)Nc2cnc3ccccc3c2)cc1. The van der Waals surface area contributed by atoms with E-state index in [1.807, 2.05) is 42.5 Å². The summed E-state index contributed by atoms with van der Waals surface area (Å²) in [6.45, 7) is 6.21. The van der Waals surface area contributed by atoms with E-state index in [0.29, 0.717) is 5.69 Å². The van der Waals surface area contributed by atoms with Gasteiger partial charge in [-0.2, -0.15) is 0 Å². The highest BCUT2D eigenvalue weighted by atomic mass is 32.2. The second-order valence-corrected chi connectivity index (χ2v) is 9.65. The molecule has 0 unspecified atom stereocenters. The van der Waals surface area contributed by atoms with Crippen molar-refractivity contribution < 1.29 is 13.2 Å².